The van der Waals surface area contributed by atoms with Crippen molar-refractivity contribution in [3.05, 3.63) is 18.2 Å². The number of benzene rings is 1. The number of thioether (sulfide) groups is 1. The summed E-state index contributed by atoms with van der Waals surface area (Å²) in [5.74, 6) is 2.91. The number of ether oxygens (including phenoxy) is 2. The van der Waals surface area contributed by atoms with E-state index in [1.54, 1.807) is 37.1 Å². The summed E-state index contributed by atoms with van der Waals surface area (Å²) in [5.41, 5.74) is 0.716. The van der Waals surface area contributed by atoms with Crippen LogP contribution in [0.2, 0.25) is 0 Å². The second-order valence-electron chi connectivity index (χ2n) is 4.06. The second kappa shape index (κ2) is 6.68. The number of carbonyl (C=O) groups is 1. The molecular weight excluding hydrogens is 264 g/mol. The van der Waals surface area contributed by atoms with Gasteiger partial charge in [-0.2, -0.15) is 0 Å². The molecule has 2 N–H and O–H groups in total. The maximum absolute atomic E-state index is 12.0. The summed E-state index contributed by atoms with van der Waals surface area (Å²) in [6.45, 7) is 2.46. The van der Waals surface area contributed by atoms with E-state index in [2.05, 4.69) is 10.6 Å². The highest BCUT2D eigenvalue weighted by Crippen LogP contribution is 2.30. The van der Waals surface area contributed by atoms with Gasteiger partial charge in [0, 0.05) is 23.4 Å². The van der Waals surface area contributed by atoms with E-state index < -0.39 is 0 Å². The van der Waals surface area contributed by atoms with Crippen LogP contribution in [0.3, 0.4) is 0 Å². The van der Waals surface area contributed by atoms with Crippen LogP contribution in [0.25, 0.3) is 0 Å². The Labute approximate surface area is 117 Å². The van der Waals surface area contributed by atoms with Gasteiger partial charge in [-0.1, -0.05) is 0 Å². The molecule has 0 aromatic heterocycles. The fraction of sp³-hybridized carbons (Fsp3) is 0.462. The minimum absolute atomic E-state index is 0.0161. The molecule has 1 unspecified atom stereocenters. The minimum Gasteiger partial charge on any atom is -0.493 e. The van der Waals surface area contributed by atoms with Gasteiger partial charge in [0.25, 0.3) is 0 Å². The second-order valence-corrected chi connectivity index (χ2v) is 5.09. The van der Waals surface area contributed by atoms with Crippen LogP contribution >= 0.6 is 11.8 Å². The van der Waals surface area contributed by atoms with Crippen LogP contribution in [-0.2, 0) is 4.79 Å². The standard InChI is InChI=1S/C13H18N2O3S/c1-3-18-12-6-9(4-5-11(12)17-2)15-13(16)10-7-19-8-14-10/h4-6,10,14H,3,7-8H2,1-2H3,(H,15,16). The van der Waals surface area contributed by atoms with E-state index >= 15 is 0 Å². The summed E-state index contributed by atoms with van der Waals surface area (Å²) >= 11 is 1.72. The van der Waals surface area contributed by atoms with Gasteiger partial charge in [0.1, 0.15) is 0 Å². The summed E-state index contributed by atoms with van der Waals surface area (Å²) < 4.78 is 10.7. The highest BCUT2D eigenvalue weighted by atomic mass is 32.2. The molecule has 104 valence electrons. The van der Waals surface area contributed by atoms with Gasteiger partial charge >= 0.3 is 0 Å². The van der Waals surface area contributed by atoms with Crippen LogP contribution in [0.1, 0.15) is 6.92 Å². The number of hydrogen-bond donors (Lipinski definition) is 2. The molecule has 1 heterocycles. The molecule has 2 rings (SSSR count). The molecule has 0 spiro atoms. The molecule has 5 nitrogen and oxygen atoms in total. The van der Waals surface area contributed by atoms with Crippen molar-refractivity contribution in [1.82, 2.24) is 5.32 Å². The molecule has 1 aromatic rings. The van der Waals surface area contributed by atoms with Gasteiger partial charge in [0.2, 0.25) is 5.91 Å². The Morgan fingerprint density at radius 3 is 3.00 bits per heavy atom. The van der Waals surface area contributed by atoms with E-state index in [9.17, 15) is 4.79 Å². The van der Waals surface area contributed by atoms with Crippen LogP contribution in [0.15, 0.2) is 18.2 Å². The molecule has 1 aliphatic rings. The van der Waals surface area contributed by atoms with Gasteiger partial charge in [0.05, 0.1) is 19.8 Å². The van der Waals surface area contributed by atoms with E-state index in [0.29, 0.717) is 23.8 Å². The largest absolute Gasteiger partial charge is 0.493 e. The van der Waals surface area contributed by atoms with Crippen molar-refractivity contribution in [2.75, 3.05) is 30.7 Å². The lowest BCUT2D eigenvalue weighted by Crippen LogP contribution is -2.37. The number of methoxy groups -OCH3 is 1. The zero-order chi connectivity index (χ0) is 13.7. The van der Waals surface area contributed by atoms with Gasteiger partial charge in [-0.05, 0) is 19.1 Å². The smallest absolute Gasteiger partial charge is 0.242 e. The van der Waals surface area contributed by atoms with Crippen molar-refractivity contribution < 1.29 is 14.3 Å². The zero-order valence-corrected chi connectivity index (χ0v) is 11.9. The fourth-order valence-corrected chi connectivity index (χ4v) is 2.76. The topological polar surface area (TPSA) is 59.6 Å². The quantitative estimate of drug-likeness (QED) is 0.860. The highest BCUT2D eigenvalue weighted by molar-refractivity contribution is 7.99. The van der Waals surface area contributed by atoms with E-state index in [1.807, 2.05) is 6.92 Å². The first-order valence-electron chi connectivity index (χ1n) is 6.17. The first-order chi connectivity index (χ1) is 9.24. The van der Waals surface area contributed by atoms with Crippen molar-refractivity contribution in [3.8, 4) is 11.5 Å². The molecule has 1 aromatic carbocycles. The Bertz CT molecular complexity index is 448. The SMILES string of the molecule is CCOc1cc(NC(=O)C2CSCN2)ccc1OC. The Morgan fingerprint density at radius 1 is 1.53 bits per heavy atom. The Kier molecular flexibility index (Phi) is 4.93. The van der Waals surface area contributed by atoms with E-state index in [-0.39, 0.29) is 11.9 Å². The van der Waals surface area contributed by atoms with E-state index in [4.69, 9.17) is 9.47 Å². The van der Waals surface area contributed by atoms with Crippen LogP contribution in [0.5, 0.6) is 11.5 Å². The predicted octanol–water partition coefficient (Wildman–Crippen LogP) is 1.69. The van der Waals surface area contributed by atoms with Crippen molar-refractivity contribution in [1.29, 1.82) is 0 Å². The number of hydrogen-bond acceptors (Lipinski definition) is 5. The lowest BCUT2D eigenvalue weighted by atomic mass is 10.2. The molecule has 6 heteroatoms. The molecule has 1 amide bonds. The third-order valence-electron chi connectivity index (χ3n) is 2.76. The van der Waals surface area contributed by atoms with Crippen LogP contribution < -0.4 is 20.1 Å². The van der Waals surface area contributed by atoms with Gasteiger partial charge in [-0.15, -0.1) is 11.8 Å². The molecule has 0 bridgehead atoms. The maximum Gasteiger partial charge on any atom is 0.242 e. The molecule has 0 saturated carbocycles. The van der Waals surface area contributed by atoms with Crippen molar-refractivity contribution in [2.24, 2.45) is 0 Å². The first kappa shape index (κ1) is 14.0. The molecule has 0 aliphatic carbocycles. The number of anilines is 1. The van der Waals surface area contributed by atoms with Crippen LogP contribution in [-0.4, -0.2) is 37.3 Å². The Balaban J connectivity index is 2.07. The number of rotatable bonds is 5. The summed E-state index contributed by atoms with van der Waals surface area (Å²) in [5, 5.41) is 6.02. The summed E-state index contributed by atoms with van der Waals surface area (Å²) in [7, 11) is 1.59. The van der Waals surface area contributed by atoms with E-state index in [0.717, 1.165) is 11.6 Å². The molecule has 1 saturated heterocycles. The van der Waals surface area contributed by atoms with E-state index in [1.165, 1.54) is 0 Å². The lowest BCUT2D eigenvalue weighted by Gasteiger charge is -2.13. The van der Waals surface area contributed by atoms with Crippen molar-refractivity contribution in [3.63, 3.8) is 0 Å². The molecule has 0 radical (unpaired) electrons. The van der Waals surface area contributed by atoms with Gasteiger partial charge in [-0.25, -0.2) is 0 Å². The third kappa shape index (κ3) is 3.54. The Morgan fingerprint density at radius 2 is 2.37 bits per heavy atom. The molecule has 1 atom stereocenters. The molecular formula is C13H18N2O3S. The molecule has 1 aliphatic heterocycles. The number of carbonyl (C=O) groups excluding carboxylic acids is 1. The number of amides is 1. The maximum atomic E-state index is 12.0. The minimum atomic E-state index is -0.123. The normalized spacial score (nSPS) is 18.1. The van der Waals surface area contributed by atoms with Crippen molar-refractivity contribution >= 4 is 23.4 Å². The highest BCUT2D eigenvalue weighted by Gasteiger charge is 2.22. The van der Waals surface area contributed by atoms with Gasteiger partial charge in [0.15, 0.2) is 11.5 Å². The summed E-state index contributed by atoms with van der Waals surface area (Å²) in [6.07, 6.45) is 0. The fourth-order valence-electron chi connectivity index (χ4n) is 1.82. The third-order valence-corrected chi connectivity index (χ3v) is 3.70. The van der Waals surface area contributed by atoms with Gasteiger partial charge < -0.3 is 14.8 Å². The average Bonchev–Trinajstić information content (AvgIpc) is 2.93. The zero-order valence-electron chi connectivity index (χ0n) is 11.1. The number of nitrogens with one attached hydrogen (secondary N) is 2. The lowest BCUT2D eigenvalue weighted by molar-refractivity contribution is -0.117. The first-order valence-corrected chi connectivity index (χ1v) is 7.33. The predicted molar refractivity (Wildman–Crippen MR) is 77.0 cm³/mol. The molecule has 19 heavy (non-hydrogen) atoms. The van der Waals surface area contributed by atoms with Crippen LogP contribution in [0, 0.1) is 0 Å². The van der Waals surface area contributed by atoms with Gasteiger partial charge in [-0.3, -0.25) is 10.1 Å². The monoisotopic (exact) mass is 282 g/mol. The van der Waals surface area contributed by atoms with Crippen LogP contribution in [0.4, 0.5) is 5.69 Å². The van der Waals surface area contributed by atoms with Crippen molar-refractivity contribution in [2.45, 2.75) is 13.0 Å². The molecule has 1 fully saturated rings. The Hall–Kier alpha value is -1.40. The summed E-state index contributed by atoms with van der Waals surface area (Å²) in [6, 6.07) is 5.25. The average molecular weight is 282 g/mol. The summed E-state index contributed by atoms with van der Waals surface area (Å²) in [4.78, 5) is 12.0.